The first-order chi connectivity index (χ1) is 13.3. The lowest BCUT2D eigenvalue weighted by Gasteiger charge is -2.26. The van der Waals surface area contributed by atoms with Crippen LogP contribution in [0.2, 0.25) is 0 Å². The van der Waals surface area contributed by atoms with E-state index >= 15 is 0 Å². The van der Waals surface area contributed by atoms with Gasteiger partial charge in [-0.05, 0) is 48.0 Å². The zero-order valence-electron chi connectivity index (χ0n) is 15.5. The molecule has 1 N–H and O–H groups in total. The van der Waals surface area contributed by atoms with Crippen LogP contribution in [0.3, 0.4) is 0 Å². The van der Waals surface area contributed by atoms with Gasteiger partial charge in [-0.3, -0.25) is 0 Å². The molecule has 0 aromatic heterocycles. The maximum Gasteiger partial charge on any atom is 0.173 e. The van der Waals surface area contributed by atoms with E-state index in [0.29, 0.717) is 0 Å². The Labute approximate surface area is 166 Å². The molecule has 138 valence electrons. The van der Waals surface area contributed by atoms with Crippen molar-refractivity contribution in [1.82, 2.24) is 4.90 Å². The molecular weight excluding hydrogens is 352 g/mol. The Balaban J connectivity index is 1.73. The molecule has 27 heavy (non-hydrogen) atoms. The largest absolute Gasteiger partial charge is 0.496 e. The van der Waals surface area contributed by atoms with Gasteiger partial charge in [0.1, 0.15) is 5.75 Å². The standard InChI is InChI=1S/C23H24N2OS/c1-26-22-15-9-8-12-20(22)16-17-25(18-19-10-4-2-5-11-19)23(27)24-21-13-6-3-7-14-21/h2-15H,16-18H2,1H3,(H,24,27). The van der Waals surface area contributed by atoms with Crippen molar-refractivity contribution in [3.8, 4) is 5.75 Å². The molecule has 0 amide bonds. The van der Waals surface area contributed by atoms with Crippen LogP contribution in [0.1, 0.15) is 11.1 Å². The fourth-order valence-electron chi connectivity index (χ4n) is 2.95. The van der Waals surface area contributed by atoms with E-state index in [1.54, 1.807) is 7.11 Å². The van der Waals surface area contributed by atoms with E-state index in [1.807, 2.05) is 54.6 Å². The predicted molar refractivity (Wildman–Crippen MR) is 116 cm³/mol. The van der Waals surface area contributed by atoms with Crippen molar-refractivity contribution in [2.75, 3.05) is 19.0 Å². The molecular formula is C23H24N2OS. The monoisotopic (exact) mass is 376 g/mol. The number of thiocarbonyl (C=S) groups is 1. The molecule has 0 aliphatic rings. The molecule has 3 aromatic carbocycles. The number of benzene rings is 3. The molecule has 0 saturated carbocycles. The van der Waals surface area contributed by atoms with Gasteiger partial charge < -0.3 is 15.0 Å². The number of anilines is 1. The van der Waals surface area contributed by atoms with Crippen molar-refractivity contribution in [3.63, 3.8) is 0 Å². The first kappa shape index (κ1) is 18.9. The highest BCUT2D eigenvalue weighted by atomic mass is 32.1. The van der Waals surface area contributed by atoms with Gasteiger partial charge in [-0.25, -0.2) is 0 Å². The smallest absolute Gasteiger partial charge is 0.173 e. The number of para-hydroxylation sites is 2. The van der Waals surface area contributed by atoms with E-state index in [-0.39, 0.29) is 0 Å². The van der Waals surface area contributed by atoms with Gasteiger partial charge in [0.15, 0.2) is 5.11 Å². The lowest BCUT2D eigenvalue weighted by Crippen LogP contribution is -2.35. The van der Waals surface area contributed by atoms with Crippen LogP contribution in [-0.4, -0.2) is 23.7 Å². The molecule has 0 unspecified atom stereocenters. The molecule has 0 fully saturated rings. The normalized spacial score (nSPS) is 10.3. The van der Waals surface area contributed by atoms with Crippen molar-refractivity contribution in [2.45, 2.75) is 13.0 Å². The second kappa shape index (κ2) is 9.74. The van der Waals surface area contributed by atoms with Gasteiger partial charge in [0, 0.05) is 18.8 Å². The fraction of sp³-hybridized carbons (Fsp3) is 0.174. The summed E-state index contributed by atoms with van der Waals surface area (Å²) in [4.78, 5) is 2.20. The topological polar surface area (TPSA) is 24.5 Å². The summed E-state index contributed by atoms with van der Waals surface area (Å²) in [6.07, 6.45) is 0.855. The van der Waals surface area contributed by atoms with Crippen LogP contribution in [0.25, 0.3) is 0 Å². The van der Waals surface area contributed by atoms with Crippen molar-refractivity contribution in [2.24, 2.45) is 0 Å². The van der Waals surface area contributed by atoms with E-state index in [0.717, 1.165) is 36.1 Å². The van der Waals surface area contributed by atoms with Crippen LogP contribution >= 0.6 is 12.2 Å². The van der Waals surface area contributed by atoms with Crippen LogP contribution in [0.4, 0.5) is 5.69 Å². The maximum atomic E-state index is 5.72. The number of rotatable bonds is 7. The molecule has 0 aliphatic heterocycles. The van der Waals surface area contributed by atoms with Crippen LogP contribution in [0, 0.1) is 0 Å². The molecule has 4 heteroatoms. The second-order valence-corrected chi connectivity index (χ2v) is 6.65. The van der Waals surface area contributed by atoms with Crippen molar-refractivity contribution >= 4 is 23.0 Å². The van der Waals surface area contributed by atoms with Crippen molar-refractivity contribution in [1.29, 1.82) is 0 Å². The summed E-state index contributed by atoms with van der Waals surface area (Å²) in [5, 5.41) is 4.08. The summed E-state index contributed by atoms with van der Waals surface area (Å²) in [6.45, 7) is 1.56. The highest BCUT2D eigenvalue weighted by Gasteiger charge is 2.12. The lowest BCUT2D eigenvalue weighted by atomic mass is 10.1. The van der Waals surface area contributed by atoms with Crippen molar-refractivity contribution in [3.05, 3.63) is 96.1 Å². The van der Waals surface area contributed by atoms with Crippen LogP contribution < -0.4 is 10.1 Å². The highest BCUT2D eigenvalue weighted by Crippen LogP contribution is 2.19. The van der Waals surface area contributed by atoms with Gasteiger partial charge in [0.05, 0.1) is 7.11 Å². The minimum atomic E-state index is 0.722. The van der Waals surface area contributed by atoms with Crippen LogP contribution in [-0.2, 0) is 13.0 Å². The number of hydrogen-bond donors (Lipinski definition) is 1. The maximum absolute atomic E-state index is 5.72. The molecule has 0 spiro atoms. The number of methoxy groups -OCH3 is 1. The van der Waals surface area contributed by atoms with E-state index in [4.69, 9.17) is 17.0 Å². The molecule has 0 heterocycles. The Morgan fingerprint density at radius 3 is 2.22 bits per heavy atom. The summed E-state index contributed by atoms with van der Waals surface area (Å²) in [5.41, 5.74) is 3.41. The number of nitrogens with zero attached hydrogens (tertiary/aromatic N) is 1. The van der Waals surface area contributed by atoms with Gasteiger partial charge in [0.25, 0.3) is 0 Å². The summed E-state index contributed by atoms with van der Waals surface area (Å²) < 4.78 is 5.49. The third-order valence-corrected chi connectivity index (χ3v) is 4.73. The van der Waals surface area contributed by atoms with Gasteiger partial charge in [0.2, 0.25) is 0 Å². The third kappa shape index (κ3) is 5.56. The second-order valence-electron chi connectivity index (χ2n) is 6.27. The van der Waals surface area contributed by atoms with Gasteiger partial charge in [-0.15, -0.1) is 0 Å². The molecule has 0 saturated heterocycles. The molecule has 3 rings (SSSR count). The first-order valence-electron chi connectivity index (χ1n) is 9.03. The Kier molecular flexibility index (Phi) is 6.83. The molecule has 0 aliphatic carbocycles. The minimum Gasteiger partial charge on any atom is -0.496 e. The summed E-state index contributed by atoms with van der Waals surface area (Å²) in [7, 11) is 1.71. The SMILES string of the molecule is COc1ccccc1CCN(Cc1ccccc1)C(=S)Nc1ccccc1. The van der Waals surface area contributed by atoms with Crippen molar-refractivity contribution < 1.29 is 4.74 Å². The Morgan fingerprint density at radius 2 is 1.52 bits per heavy atom. The zero-order valence-corrected chi connectivity index (χ0v) is 16.3. The average Bonchev–Trinajstić information content (AvgIpc) is 2.72. The molecule has 3 aromatic rings. The Hall–Kier alpha value is -2.85. The quantitative estimate of drug-likeness (QED) is 0.577. The predicted octanol–water partition coefficient (Wildman–Crippen LogP) is 5.14. The third-order valence-electron chi connectivity index (χ3n) is 4.37. The molecule has 0 radical (unpaired) electrons. The van der Waals surface area contributed by atoms with E-state index in [2.05, 4.69) is 40.5 Å². The molecule has 0 atom stereocenters. The van der Waals surface area contributed by atoms with E-state index < -0.39 is 0 Å². The summed E-state index contributed by atoms with van der Waals surface area (Å²) in [5.74, 6) is 0.916. The lowest BCUT2D eigenvalue weighted by molar-refractivity contribution is 0.396. The average molecular weight is 377 g/mol. The van der Waals surface area contributed by atoms with Crippen LogP contribution in [0.15, 0.2) is 84.9 Å². The van der Waals surface area contributed by atoms with E-state index in [1.165, 1.54) is 11.1 Å². The number of hydrogen-bond acceptors (Lipinski definition) is 2. The number of ether oxygens (including phenoxy) is 1. The van der Waals surface area contributed by atoms with Gasteiger partial charge in [-0.2, -0.15) is 0 Å². The van der Waals surface area contributed by atoms with Gasteiger partial charge >= 0.3 is 0 Å². The van der Waals surface area contributed by atoms with Gasteiger partial charge in [-0.1, -0.05) is 66.7 Å². The number of nitrogens with one attached hydrogen (secondary N) is 1. The fourth-order valence-corrected chi connectivity index (χ4v) is 3.22. The van der Waals surface area contributed by atoms with Crippen LogP contribution in [0.5, 0.6) is 5.75 Å². The molecule has 0 bridgehead atoms. The molecule has 3 nitrogen and oxygen atoms in total. The Bertz CT molecular complexity index is 853. The highest BCUT2D eigenvalue weighted by molar-refractivity contribution is 7.80. The summed E-state index contributed by atoms with van der Waals surface area (Å²) in [6, 6.07) is 28.6. The Morgan fingerprint density at radius 1 is 0.889 bits per heavy atom. The summed E-state index contributed by atoms with van der Waals surface area (Å²) >= 11 is 5.72. The zero-order chi connectivity index (χ0) is 18.9. The first-order valence-corrected chi connectivity index (χ1v) is 9.44. The van der Waals surface area contributed by atoms with E-state index in [9.17, 15) is 0 Å². The minimum absolute atomic E-state index is 0.722.